The fraction of sp³-hybridized carbons (Fsp3) is 0.167. The zero-order valence-corrected chi connectivity index (χ0v) is 24.6. The monoisotopic (exact) mass is 563 g/mol. The molecule has 0 aliphatic carbocycles. The Morgan fingerprint density at radius 1 is 0.921 bits per heavy atom. The van der Waals surface area contributed by atoms with Gasteiger partial charge in [-0.15, -0.1) is 0 Å². The first-order valence-electron chi connectivity index (χ1n) is 10.9. The molecule has 0 bridgehead atoms. The second-order valence-corrected chi connectivity index (χ2v) is 11.4. The first-order chi connectivity index (χ1) is 17.3. The molecule has 0 saturated carbocycles. The Kier molecular flexibility index (Phi) is 8.91. The van der Waals surface area contributed by atoms with Crippen LogP contribution in [0, 0.1) is 13.8 Å². The fourth-order valence-corrected chi connectivity index (χ4v) is 5.32. The van der Waals surface area contributed by atoms with Crippen molar-refractivity contribution in [1.29, 1.82) is 0 Å². The zero-order chi connectivity index (χ0) is 27.0. The molecule has 1 unspecified atom stereocenters. The number of benzene rings is 3. The van der Waals surface area contributed by atoms with Gasteiger partial charge < -0.3 is 4.55 Å². The first-order valence-corrected chi connectivity index (χ1v) is 13.8. The number of nitrogens with zero attached hydrogens (tertiary/aromatic N) is 4. The number of sulfonamides is 1. The molecule has 0 saturated heterocycles. The number of rotatable bonds is 7. The van der Waals surface area contributed by atoms with E-state index in [1.807, 2.05) is 6.92 Å². The summed E-state index contributed by atoms with van der Waals surface area (Å²) in [4.78, 5) is 12.5. The number of hydrogen-bond acceptors (Lipinski definition) is 9. The van der Waals surface area contributed by atoms with Crippen molar-refractivity contribution >= 4 is 48.8 Å². The Bertz CT molecular complexity index is 1640. The van der Waals surface area contributed by atoms with Crippen LogP contribution in [0.2, 0.25) is 0 Å². The second-order valence-electron chi connectivity index (χ2n) is 8.38. The van der Waals surface area contributed by atoms with E-state index < -0.39 is 37.0 Å². The van der Waals surface area contributed by atoms with Crippen LogP contribution in [0.15, 0.2) is 91.9 Å². The van der Waals surface area contributed by atoms with Crippen molar-refractivity contribution in [1.82, 2.24) is 0 Å². The van der Waals surface area contributed by atoms with Crippen molar-refractivity contribution in [3.8, 4) is 0 Å². The smallest absolute Gasteiger partial charge is 0.744 e. The topological polar surface area (TPSA) is 161 Å². The van der Waals surface area contributed by atoms with Crippen molar-refractivity contribution in [2.45, 2.75) is 36.6 Å². The minimum atomic E-state index is -4.62. The van der Waals surface area contributed by atoms with Gasteiger partial charge in [-0.3, -0.25) is 9.52 Å². The van der Waals surface area contributed by atoms with Crippen LogP contribution in [-0.2, 0) is 24.9 Å². The number of azo groups is 1. The molecule has 11 nitrogen and oxygen atoms in total. The summed E-state index contributed by atoms with van der Waals surface area (Å²) in [6, 6.07) is 15.1. The molecule has 1 amide bonds. The molecule has 1 atom stereocenters. The molecule has 0 fully saturated rings. The number of hydrazone groups is 1. The van der Waals surface area contributed by atoms with Gasteiger partial charge in [0.1, 0.15) is 10.1 Å². The van der Waals surface area contributed by atoms with Crippen LogP contribution in [-0.4, -0.2) is 39.0 Å². The van der Waals surface area contributed by atoms with Crippen LogP contribution >= 0.6 is 0 Å². The molecule has 0 radical (unpaired) electrons. The van der Waals surface area contributed by atoms with Gasteiger partial charge in [-0.05, 0) is 74.9 Å². The predicted octanol–water partition coefficient (Wildman–Crippen LogP) is 0.887. The molecule has 1 aliphatic rings. The maximum absolute atomic E-state index is 13.0. The second kappa shape index (κ2) is 11.4. The van der Waals surface area contributed by atoms with E-state index in [-0.39, 0.29) is 45.8 Å². The van der Waals surface area contributed by atoms with E-state index in [1.54, 1.807) is 50.2 Å². The van der Waals surface area contributed by atoms with Crippen LogP contribution in [0.4, 0.5) is 17.1 Å². The number of anilines is 2. The fourth-order valence-electron chi connectivity index (χ4n) is 3.52. The minimum Gasteiger partial charge on any atom is -0.744 e. The molecule has 4 rings (SSSR count). The molecular formula is C24H22N5NaO6S2. The molecule has 0 aromatic heterocycles. The summed E-state index contributed by atoms with van der Waals surface area (Å²) in [5, 5.41) is 13.4. The van der Waals surface area contributed by atoms with Gasteiger partial charge in [-0.2, -0.15) is 20.3 Å². The molecule has 14 heteroatoms. The number of aryl methyl sites for hydroxylation is 2. The standard InChI is InChI=1S/C24H23N5O6S2.Na/c1-15-4-7-18(8-5-15)28-36(31,32)22-14-19(9-6-16(22)2)25-26-23-17(3)27-29(24(23)30)20-10-12-21(13-11-20)37(33,34)35;/h4-14,23,28H,1-3H3,(H,33,34,35);/q;+1/p-1. The quantitative estimate of drug-likeness (QED) is 0.255. The van der Waals surface area contributed by atoms with Gasteiger partial charge in [-0.25, -0.2) is 16.8 Å². The number of nitrogens with one attached hydrogen (secondary N) is 1. The summed E-state index contributed by atoms with van der Waals surface area (Å²) in [5.74, 6) is -0.542. The van der Waals surface area contributed by atoms with Crippen LogP contribution in [0.3, 0.4) is 0 Å². The third-order valence-corrected chi connectivity index (χ3v) is 7.89. The number of amides is 1. The van der Waals surface area contributed by atoms with E-state index in [4.69, 9.17) is 0 Å². The largest absolute Gasteiger partial charge is 1.00 e. The SMILES string of the molecule is CC1=NN(c2ccc(S(=O)(=O)[O-])cc2)C(=O)C1N=Nc1ccc(C)c(S(=O)(=O)Nc2ccc(C)cc2)c1.[Na+]. The Balaban J connectivity index is 0.00000400. The number of carbonyl (C=O) groups is 1. The summed E-state index contributed by atoms with van der Waals surface area (Å²) >= 11 is 0. The zero-order valence-electron chi connectivity index (χ0n) is 21.0. The maximum Gasteiger partial charge on any atom is 1.00 e. The van der Waals surface area contributed by atoms with Gasteiger partial charge in [0, 0.05) is 5.69 Å². The summed E-state index contributed by atoms with van der Waals surface area (Å²) in [6.45, 7) is 5.13. The van der Waals surface area contributed by atoms with E-state index in [2.05, 4.69) is 20.1 Å². The summed E-state index contributed by atoms with van der Waals surface area (Å²) in [6.07, 6.45) is 0. The van der Waals surface area contributed by atoms with Gasteiger partial charge in [0.05, 0.1) is 26.9 Å². The molecule has 3 aromatic carbocycles. The molecule has 1 aliphatic heterocycles. The van der Waals surface area contributed by atoms with E-state index >= 15 is 0 Å². The molecule has 3 aromatic rings. The number of hydrogen-bond donors (Lipinski definition) is 1. The Labute approximate surface area is 242 Å². The molecule has 38 heavy (non-hydrogen) atoms. The minimum absolute atomic E-state index is 0. The van der Waals surface area contributed by atoms with Gasteiger partial charge in [0.2, 0.25) is 0 Å². The van der Waals surface area contributed by atoms with E-state index in [0.717, 1.165) is 22.7 Å². The van der Waals surface area contributed by atoms with Crippen LogP contribution in [0.25, 0.3) is 0 Å². The Hall–Kier alpha value is -2.94. The Morgan fingerprint density at radius 2 is 1.55 bits per heavy atom. The van der Waals surface area contributed by atoms with Crippen LogP contribution in [0.1, 0.15) is 18.1 Å². The number of carbonyl (C=O) groups excluding carboxylic acids is 1. The van der Waals surface area contributed by atoms with Crippen molar-refractivity contribution in [2.75, 3.05) is 9.73 Å². The molecule has 1 N–H and O–H groups in total. The third kappa shape index (κ3) is 6.54. The molecule has 0 spiro atoms. The van der Waals surface area contributed by atoms with Gasteiger partial charge in [0.25, 0.3) is 15.9 Å². The van der Waals surface area contributed by atoms with Crippen molar-refractivity contribution < 1.29 is 55.7 Å². The van der Waals surface area contributed by atoms with Crippen LogP contribution < -0.4 is 39.3 Å². The van der Waals surface area contributed by atoms with Crippen molar-refractivity contribution in [2.24, 2.45) is 15.3 Å². The average molecular weight is 564 g/mol. The predicted molar refractivity (Wildman–Crippen MR) is 136 cm³/mol. The molecule has 192 valence electrons. The van der Waals surface area contributed by atoms with Crippen molar-refractivity contribution in [3.63, 3.8) is 0 Å². The van der Waals surface area contributed by atoms with E-state index in [1.165, 1.54) is 18.2 Å². The average Bonchev–Trinajstić information content (AvgIpc) is 3.12. The Morgan fingerprint density at radius 3 is 2.16 bits per heavy atom. The molecule has 1 heterocycles. The van der Waals surface area contributed by atoms with Gasteiger partial charge in [0.15, 0.2) is 6.04 Å². The van der Waals surface area contributed by atoms with Crippen molar-refractivity contribution in [3.05, 3.63) is 77.9 Å². The van der Waals surface area contributed by atoms with E-state index in [0.29, 0.717) is 17.0 Å². The third-order valence-electron chi connectivity index (χ3n) is 5.52. The first kappa shape index (κ1) is 29.6. The van der Waals surface area contributed by atoms with E-state index in [9.17, 15) is 26.2 Å². The summed E-state index contributed by atoms with van der Waals surface area (Å²) in [7, 11) is -8.54. The maximum atomic E-state index is 13.0. The van der Waals surface area contributed by atoms with Gasteiger partial charge in [-0.1, -0.05) is 23.8 Å². The molecular weight excluding hydrogens is 541 g/mol. The van der Waals surface area contributed by atoms with Crippen LogP contribution in [0.5, 0.6) is 0 Å². The summed E-state index contributed by atoms with van der Waals surface area (Å²) in [5.41, 5.74) is 2.71. The normalized spacial score (nSPS) is 15.9. The van der Waals surface area contributed by atoms with Gasteiger partial charge >= 0.3 is 29.6 Å². The summed E-state index contributed by atoms with van der Waals surface area (Å²) < 4.78 is 61.9.